The first-order chi connectivity index (χ1) is 7.22. The van der Waals surface area contributed by atoms with Crippen molar-refractivity contribution in [3.05, 3.63) is 35.2 Å². The Hall–Kier alpha value is -1.39. The van der Waals surface area contributed by atoms with Gasteiger partial charge in [-0.3, -0.25) is 9.63 Å². The van der Waals surface area contributed by atoms with E-state index in [1.807, 2.05) is 29.6 Å². The SMILES string of the molecule is CON(C)C(=O)c1ccc2ccsc2c1. The molecule has 0 atom stereocenters. The molecule has 0 radical (unpaired) electrons. The molecule has 1 aromatic carbocycles. The number of hydroxylamine groups is 2. The smallest absolute Gasteiger partial charge is 0.274 e. The van der Waals surface area contributed by atoms with Crippen LogP contribution in [0.15, 0.2) is 29.6 Å². The molecule has 1 heterocycles. The Morgan fingerprint density at radius 1 is 1.40 bits per heavy atom. The summed E-state index contributed by atoms with van der Waals surface area (Å²) in [6.45, 7) is 0. The van der Waals surface area contributed by atoms with Gasteiger partial charge in [0.1, 0.15) is 0 Å². The van der Waals surface area contributed by atoms with Gasteiger partial charge in [0.25, 0.3) is 5.91 Å². The fourth-order valence-corrected chi connectivity index (χ4v) is 2.18. The van der Waals surface area contributed by atoms with E-state index in [1.54, 1.807) is 18.4 Å². The number of nitrogens with zero attached hydrogens (tertiary/aromatic N) is 1. The highest BCUT2D eigenvalue weighted by molar-refractivity contribution is 7.17. The minimum atomic E-state index is -0.132. The Morgan fingerprint density at radius 2 is 2.20 bits per heavy atom. The lowest BCUT2D eigenvalue weighted by Crippen LogP contribution is -2.25. The molecule has 0 aliphatic rings. The minimum Gasteiger partial charge on any atom is -0.274 e. The lowest BCUT2D eigenvalue weighted by molar-refractivity contribution is -0.0756. The molecule has 2 aromatic rings. The third-order valence-electron chi connectivity index (χ3n) is 2.26. The van der Waals surface area contributed by atoms with Gasteiger partial charge in [-0.2, -0.15) is 0 Å². The van der Waals surface area contributed by atoms with Crippen molar-refractivity contribution in [2.45, 2.75) is 0 Å². The first-order valence-electron chi connectivity index (χ1n) is 4.52. The minimum absolute atomic E-state index is 0.132. The van der Waals surface area contributed by atoms with E-state index in [9.17, 15) is 4.79 Å². The van der Waals surface area contributed by atoms with Crippen molar-refractivity contribution in [2.24, 2.45) is 0 Å². The molecule has 0 N–H and O–H groups in total. The number of rotatable bonds is 2. The van der Waals surface area contributed by atoms with Crippen molar-refractivity contribution in [3.63, 3.8) is 0 Å². The van der Waals surface area contributed by atoms with E-state index >= 15 is 0 Å². The van der Waals surface area contributed by atoms with Crippen LogP contribution in [0.25, 0.3) is 10.1 Å². The fraction of sp³-hybridized carbons (Fsp3) is 0.182. The van der Waals surface area contributed by atoms with Crippen molar-refractivity contribution in [1.82, 2.24) is 5.06 Å². The predicted molar refractivity (Wildman–Crippen MR) is 60.9 cm³/mol. The highest BCUT2D eigenvalue weighted by Gasteiger charge is 2.11. The number of carbonyl (C=O) groups is 1. The maximum absolute atomic E-state index is 11.7. The third-order valence-corrected chi connectivity index (χ3v) is 3.14. The Labute approximate surface area is 91.8 Å². The van der Waals surface area contributed by atoms with E-state index in [0.29, 0.717) is 5.56 Å². The lowest BCUT2D eigenvalue weighted by atomic mass is 10.1. The van der Waals surface area contributed by atoms with Gasteiger partial charge in [-0.1, -0.05) is 6.07 Å². The van der Waals surface area contributed by atoms with Gasteiger partial charge in [0, 0.05) is 17.3 Å². The van der Waals surface area contributed by atoms with Gasteiger partial charge in [-0.05, 0) is 29.0 Å². The van der Waals surface area contributed by atoms with Crippen molar-refractivity contribution in [3.8, 4) is 0 Å². The van der Waals surface area contributed by atoms with Crippen LogP contribution in [0.3, 0.4) is 0 Å². The first-order valence-corrected chi connectivity index (χ1v) is 5.40. The van der Waals surface area contributed by atoms with Crippen LogP contribution in [0.1, 0.15) is 10.4 Å². The van der Waals surface area contributed by atoms with Crippen LogP contribution in [0.5, 0.6) is 0 Å². The summed E-state index contributed by atoms with van der Waals surface area (Å²) in [5.41, 5.74) is 0.648. The lowest BCUT2D eigenvalue weighted by Gasteiger charge is -2.13. The standard InChI is InChI=1S/C11H11NO2S/c1-12(14-2)11(13)9-4-3-8-5-6-15-10(8)7-9/h3-7H,1-2H3. The summed E-state index contributed by atoms with van der Waals surface area (Å²) in [7, 11) is 3.07. The molecule has 0 fully saturated rings. The first kappa shape index (κ1) is 10.1. The Bertz CT molecular complexity index is 492. The molecule has 4 heteroatoms. The van der Waals surface area contributed by atoms with Gasteiger partial charge in [0.2, 0.25) is 0 Å². The largest absolute Gasteiger partial charge is 0.277 e. The van der Waals surface area contributed by atoms with Crippen molar-refractivity contribution in [1.29, 1.82) is 0 Å². The molecule has 15 heavy (non-hydrogen) atoms. The number of hydrogen-bond acceptors (Lipinski definition) is 3. The third kappa shape index (κ3) is 1.86. The van der Waals surface area contributed by atoms with Crippen molar-refractivity contribution < 1.29 is 9.63 Å². The van der Waals surface area contributed by atoms with Crippen LogP contribution >= 0.6 is 11.3 Å². The van der Waals surface area contributed by atoms with E-state index in [0.717, 1.165) is 10.1 Å². The average Bonchev–Trinajstić information content (AvgIpc) is 2.73. The average molecular weight is 221 g/mol. The highest BCUT2D eigenvalue weighted by atomic mass is 32.1. The number of benzene rings is 1. The molecule has 0 saturated carbocycles. The second kappa shape index (κ2) is 4.00. The number of thiophene rings is 1. The van der Waals surface area contributed by atoms with E-state index in [-0.39, 0.29) is 5.91 Å². The van der Waals surface area contributed by atoms with E-state index in [4.69, 9.17) is 4.84 Å². The van der Waals surface area contributed by atoms with E-state index < -0.39 is 0 Å². The van der Waals surface area contributed by atoms with Crippen LogP contribution in [0.4, 0.5) is 0 Å². The van der Waals surface area contributed by atoms with Gasteiger partial charge < -0.3 is 0 Å². The number of carbonyl (C=O) groups excluding carboxylic acids is 1. The van der Waals surface area contributed by atoms with Gasteiger partial charge in [0.15, 0.2) is 0 Å². The van der Waals surface area contributed by atoms with Crippen LogP contribution in [0, 0.1) is 0 Å². The summed E-state index contributed by atoms with van der Waals surface area (Å²) in [6, 6.07) is 7.68. The molecule has 2 rings (SSSR count). The number of hydrogen-bond donors (Lipinski definition) is 0. The summed E-state index contributed by atoms with van der Waals surface area (Å²) in [4.78, 5) is 16.6. The van der Waals surface area contributed by atoms with Gasteiger partial charge >= 0.3 is 0 Å². The molecular formula is C11H11NO2S. The Kier molecular flexibility index (Phi) is 2.70. The van der Waals surface area contributed by atoms with Gasteiger partial charge in [0.05, 0.1) is 7.11 Å². The van der Waals surface area contributed by atoms with Crippen LogP contribution in [0.2, 0.25) is 0 Å². The molecule has 78 valence electrons. The fourth-order valence-electron chi connectivity index (χ4n) is 1.35. The van der Waals surface area contributed by atoms with Crippen LogP contribution in [-0.4, -0.2) is 25.1 Å². The predicted octanol–water partition coefficient (Wildman–Crippen LogP) is 2.53. The molecule has 0 aliphatic heterocycles. The topological polar surface area (TPSA) is 29.5 Å². The zero-order valence-electron chi connectivity index (χ0n) is 8.56. The Morgan fingerprint density at radius 3 is 2.93 bits per heavy atom. The molecule has 0 unspecified atom stereocenters. The zero-order valence-corrected chi connectivity index (χ0v) is 9.38. The summed E-state index contributed by atoms with van der Waals surface area (Å²) >= 11 is 1.63. The number of fused-ring (bicyclic) bond motifs is 1. The molecule has 1 amide bonds. The monoisotopic (exact) mass is 221 g/mol. The molecule has 0 bridgehead atoms. The highest BCUT2D eigenvalue weighted by Crippen LogP contribution is 2.22. The normalized spacial score (nSPS) is 10.5. The van der Waals surface area contributed by atoms with E-state index in [2.05, 4.69) is 0 Å². The molecule has 3 nitrogen and oxygen atoms in total. The summed E-state index contributed by atoms with van der Waals surface area (Å²) in [5, 5.41) is 4.39. The molecular weight excluding hydrogens is 210 g/mol. The maximum atomic E-state index is 11.7. The molecule has 0 saturated heterocycles. The summed E-state index contributed by atoms with van der Waals surface area (Å²) in [6.07, 6.45) is 0. The van der Waals surface area contributed by atoms with Crippen LogP contribution < -0.4 is 0 Å². The number of amides is 1. The molecule has 0 aliphatic carbocycles. The second-order valence-electron chi connectivity index (χ2n) is 3.16. The summed E-state index contributed by atoms with van der Waals surface area (Å²) < 4.78 is 1.12. The zero-order chi connectivity index (χ0) is 10.8. The maximum Gasteiger partial charge on any atom is 0.277 e. The Balaban J connectivity index is 2.39. The summed E-state index contributed by atoms with van der Waals surface area (Å²) in [5.74, 6) is -0.132. The second-order valence-corrected chi connectivity index (χ2v) is 4.11. The van der Waals surface area contributed by atoms with Crippen molar-refractivity contribution >= 4 is 27.3 Å². The van der Waals surface area contributed by atoms with Gasteiger partial charge in [-0.15, -0.1) is 11.3 Å². The quantitative estimate of drug-likeness (QED) is 0.729. The van der Waals surface area contributed by atoms with E-state index in [1.165, 1.54) is 12.2 Å². The van der Waals surface area contributed by atoms with Crippen LogP contribution in [-0.2, 0) is 4.84 Å². The molecule has 0 spiro atoms. The molecule has 1 aromatic heterocycles. The van der Waals surface area contributed by atoms with Gasteiger partial charge in [-0.25, -0.2) is 5.06 Å². The van der Waals surface area contributed by atoms with Crippen molar-refractivity contribution in [2.75, 3.05) is 14.2 Å².